The molecule has 2 nitrogen and oxygen atoms in total. The number of nitrogens with one attached hydrogen (secondary N) is 1. The van der Waals surface area contributed by atoms with Crippen molar-refractivity contribution in [1.29, 1.82) is 0 Å². The number of hydrogen-bond donors (Lipinski definition) is 1. The van der Waals surface area contributed by atoms with E-state index in [2.05, 4.69) is 143 Å². The van der Waals surface area contributed by atoms with E-state index in [9.17, 15) is 0 Å². The van der Waals surface area contributed by atoms with E-state index >= 15 is 0 Å². The highest BCUT2D eigenvalue weighted by Gasteiger charge is 2.47. The normalized spacial score (nSPS) is 19.6. The number of anilines is 2. The zero-order chi connectivity index (χ0) is 29.6. The van der Waals surface area contributed by atoms with Crippen molar-refractivity contribution in [1.82, 2.24) is 4.57 Å². The first kappa shape index (κ1) is 25.7. The molecular weight excluding hydrogens is 541 g/mol. The van der Waals surface area contributed by atoms with Crippen LogP contribution < -0.4 is 5.32 Å². The molecule has 214 valence electrons. The Morgan fingerprint density at radius 2 is 1.53 bits per heavy atom. The van der Waals surface area contributed by atoms with Crippen LogP contribution in [0.3, 0.4) is 0 Å². The number of aromatic nitrogens is 1. The van der Waals surface area contributed by atoms with Crippen molar-refractivity contribution in [3.63, 3.8) is 0 Å². The van der Waals surface area contributed by atoms with Crippen LogP contribution in [-0.4, -0.2) is 9.43 Å². The summed E-state index contributed by atoms with van der Waals surface area (Å²) in [6.07, 6.45) is 5.77. The van der Waals surface area contributed by atoms with Gasteiger partial charge in [-0.05, 0) is 63.9 Å². The van der Waals surface area contributed by atoms with Gasteiger partial charge in [-0.3, -0.25) is 0 Å². The van der Waals surface area contributed by atoms with Gasteiger partial charge in [0.2, 0.25) is 0 Å². The highest BCUT2D eigenvalue weighted by atomic mass is 32.2. The van der Waals surface area contributed by atoms with Crippen LogP contribution in [-0.2, 0) is 16.2 Å². The Bertz CT molecular complexity index is 2160. The van der Waals surface area contributed by atoms with E-state index in [0.717, 1.165) is 6.42 Å². The number of benzene rings is 4. The second kappa shape index (κ2) is 8.01. The second-order valence-corrected chi connectivity index (χ2v) is 16.8. The summed E-state index contributed by atoms with van der Waals surface area (Å²) in [6.45, 7) is 16.7. The Morgan fingerprint density at radius 1 is 0.814 bits per heavy atom. The Balaban J connectivity index is 1.49. The molecule has 0 amide bonds. The first-order valence-electron chi connectivity index (χ1n) is 15.6. The molecular formula is C40H38N2S. The molecule has 2 aliphatic heterocycles. The molecule has 0 radical (unpaired) electrons. The maximum atomic E-state index is 4.12. The van der Waals surface area contributed by atoms with Crippen molar-refractivity contribution in [3.8, 4) is 5.69 Å². The summed E-state index contributed by atoms with van der Waals surface area (Å²) in [7, 11) is -0.188. The predicted octanol–water partition coefficient (Wildman–Crippen LogP) is 10.6. The Labute approximate surface area is 257 Å². The van der Waals surface area contributed by atoms with E-state index in [1.54, 1.807) is 4.86 Å². The van der Waals surface area contributed by atoms with Gasteiger partial charge in [0.1, 0.15) is 0 Å². The summed E-state index contributed by atoms with van der Waals surface area (Å²) >= 11 is 0. The van der Waals surface area contributed by atoms with Crippen LogP contribution in [0.25, 0.3) is 22.7 Å². The average Bonchev–Trinajstić information content (AvgIpc) is 3.32. The maximum Gasteiger partial charge on any atom is 0.0638 e. The summed E-state index contributed by atoms with van der Waals surface area (Å²) in [5.74, 6) is 0. The highest BCUT2D eigenvalue weighted by Crippen LogP contribution is 2.63. The number of fused-ring (bicyclic) bond motifs is 9. The minimum absolute atomic E-state index is 0.0834. The Morgan fingerprint density at radius 3 is 2.30 bits per heavy atom. The lowest BCUT2D eigenvalue weighted by Crippen LogP contribution is -2.38. The molecule has 3 heteroatoms. The zero-order valence-electron chi connectivity index (χ0n) is 26.1. The van der Waals surface area contributed by atoms with Gasteiger partial charge in [0, 0.05) is 31.5 Å². The van der Waals surface area contributed by atoms with Gasteiger partial charge in [-0.2, -0.15) is 0 Å². The molecule has 4 aliphatic rings. The van der Waals surface area contributed by atoms with Gasteiger partial charge < -0.3 is 9.88 Å². The number of rotatable bonds is 0. The fourth-order valence-electron chi connectivity index (χ4n) is 8.42. The molecule has 5 aromatic rings. The van der Waals surface area contributed by atoms with Crippen LogP contribution in [0.1, 0.15) is 94.0 Å². The van der Waals surface area contributed by atoms with Gasteiger partial charge in [-0.15, -0.1) is 10.5 Å². The quantitative estimate of drug-likeness (QED) is 0.177. The minimum atomic E-state index is -0.188. The number of nitrogens with zero attached hydrogens (tertiary/aromatic N) is 1. The SMILES string of the molecule is CC(C)(C)c1ccc2c(c1)S1=C3CC=Cc4c3n(c3ccccc43)-c3cc4c(c(c31)N2)C(C)(C)c1ccccc1C4(C)C. The van der Waals surface area contributed by atoms with Gasteiger partial charge in [-0.1, -0.05) is 109 Å². The van der Waals surface area contributed by atoms with Crippen LogP contribution in [0.4, 0.5) is 11.4 Å². The molecule has 1 aromatic heterocycles. The van der Waals surface area contributed by atoms with Crippen LogP contribution in [0, 0.1) is 0 Å². The van der Waals surface area contributed by atoms with Crippen molar-refractivity contribution < 1.29 is 0 Å². The summed E-state index contributed by atoms with van der Waals surface area (Å²) < 4.78 is 2.62. The maximum absolute atomic E-state index is 4.12. The van der Waals surface area contributed by atoms with E-state index in [1.165, 1.54) is 76.8 Å². The van der Waals surface area contributed by atoms with Gasteiger partial charge in [-0.25, -0.2) is 0 Å². The molecule has 0 saturated carbocycles. The fourth-order valence-corrected chi connectivity index (χ4v) is 11.1. The minimum Gasteiger partial charge on any atom is -0.353 e. The molecule has 1 unspecified atom stereocenters. The van der Waals surface area contributed by atoms with Gasteiger partial charge >= 0.3 is 0 Å². The summed E-state index contributed by atoms with van der Waals surface area (Å²) in [6, 6.07) is 28.0. The molecule has 43 heavy (non-hydrogen) atoms. The lowest BCUT2D eigenvalue weighted by Gasteiger charge is -2.47. The molecule has 1 atom stereocenters. The number of hydrogen-bond acceptors (Lipinski definition) is 1. The van der Waals surface area contributed by atoms with Crippen LogP contribution in [0.5, 0.6) is 0 Å². The van der Waals surface area contributed by atoms with Crippen LogP contribution >= 0.6 is 10.5 Å². The predicted molar refractivity (Wildman–Crippen MR) is 184 cm³/mol. The van der Waals surface area contributed by atoms with Gasteiger partial charge in [0.25, 0.3) is 0 Å². The fraction of sp³-hybridized carbons (Fsp3) is 0.275. The molecule has 3 heterocycles. The molecule has 4 aromatic carbocycles. The highest BCUT2D eigenvalue weighted by molar-refractivity contribution is 8.16. The van der Waals surface area contributed by atoms with Crippen molar-refractivity contribution >= 4 is 43.7 Å². The van der Waals surface area contributed by atoms with Crippen molar-refractivity contribution in [2.75, 3.05) is 5.32 Å². The first-order valence-corrected chi connectivity index (χ1v) is 16.9. The third-order valence-corrected chi connectivity index (χ3v) is 13.1. The van der Waals surface area contributed by atoms with E-state index in [-0.39, 0.29) is 26.7 Å². The molecule has 0 fully saturated rings. The third kappa shape index (κ3) is 3.09. The topological polar surface area (TPSA) is 17.0 Å². The van der Waals surface area contributed by atoms with Crippen LogP contribution in [0.15, 0.2) is 88.7 Å². The number of para-hydroxylation sites is 1. The average molecular weight is 579 g/mol. The van der Waals surface area contributed by atoms with E-state index in [1.807, 2.05) is 0 Å². The Kier molecular flexibility index (Phi) is 4.78. The van der Waals surface area contributed by atoms with E-state index in [4.69, 9.17) is 0 Å². The largest absolute Gasteiger partial charge is 0.353 e. The lowest BCUT2D eigenvalue weighted by atomic mass is 9.59. The van der Waals surface area contributed by atoms with Crippen molar-refractivity contribution in [3.05, 3.63) is 118 Å². The van der Waals surface area contributed by atoms with Crippen LogP contribution in [0.2, 0.25) is 0 Å². The summed E-state index contributed by atoms with van der Waals surface area (Å²) in [5, 5.41) is 5.47. The van der Waals surface area contributed by atoms with Gasteiger partial charge in [0.15, 0.2) is 0 Å². The lowest BCUT2D eigenvalue weighted by molar-refractivity contribution is 0.520. The molecule has 0 spiro atoms. The van der Waals surface area contributed by atoms with E-state index < -0.39 is 0 Å². The molecule has 0 saturated heterocycles. The summed E-state index contributed by atoms with van der Waals surface area (Å²) in [5.41, 5.74) is 15.1. The molecule has 1 N–H and O–H groups in total. The monoisotopic (exact) mass is 578 g/mol. The zero-order valence-corrected chi connectivity index (χ0v) is 27.0. The van der Waals surface area contributed by atoms with Crippen molar-refractivity contribution in [2.24, 2.45) is 0 Å². The van der Waals surface area contributed by atoms with Crippen molar-refractivity contribution in [2.45, 2.75) is 80.9 Å². The Hall–Kier alpha value is -3.82. The first-order chi connectivity index (χ1) is 20.5. The number of allylic oxidation sites excluding steroid dienone is 1. The van der Waals surface area contributed by atoms with Gasteiger partial charge in [0.05, 0.1) is 33.2 Å². The standard InChI is InChI=1S/C40H38N2S/c1-38(2,3)23-19-20-29-33(21-23)43-32-18-12-14-25-24-13-8-11-17-30(24)42(36(25)32)31-22-28-34(35(41-29)37(31)43)40(6,7)27-16-10-9-15-26(27)39(28,4)5/h8-17,19-22,41H,18H2,1-7H3. The second-order valence-electron chi connectivity index (χ2n) is 14.9. The molecule has 9 rings (SSSR count). The summed E-state index contributed by atoms with van der Waals surface area (Å²) in [4.78, 5) is 4.48. The molecule has 0 bridgehead atoms. The molecule has 2 aliphatic carbocycles. The smallest absolute Gasteiger partial charge is 0.0638 e. The third-order valence-electron chi connectivity index (χ3n) is 10.6. The van der Waals surface area contributed by atoms with E-state index in [0.29, 0.717) is 0 Å².